The van der Waals surface area contributed by atoms with Gasteiger partial charge in [0, 0.05) is 29.9 Å². The first kappa shape index (κ1) is 28.0. The number of hydrogen-bond acceptors (Lipinski definition) is 5. The lowest BCUT2D eigenvalue weighted by Gasteiger charge is -2.51. The first-order valence-electron chi connectivity index (χ1n) is 14.6. The van der Waals surface area contributed by atoms with Gasteiger partial charge in [-0.3, -0.25) is 9.59 Å². The molecule has 214 valence electrons. The van der Waals surface area contributed by atoms with Crippen LogP contribution in [-0.2, 0) is 15.1 Å². The smallest absolute Gasteiger partial charge is 0.254 e. The van der Waals surface area contributed by atoms with Crippen molar-refractivity contribution in [2.24, 2.45) is 0 Å². The third kappa shape index (κ3) is 4.72. The summed E-state index contributed by atoms with van der Waals surface area (Å²) in [4.78, 5) is 37.5. The Labute approximate surface area is 237 Å². The van der Waals surface area contributed by atoms with E-state index >= 15 is 0 Å². The van der Waals surface area contributed by atoms with Crippen molar-refractivity contribution in [3.05, 3.63) is 59.3 Å². The van der Waals surface area contributed by atoms with Gasteiger partial charge in [-0.15, -0.1) is 0 Å². The standard InChI is InChI=1S/C32H42N4O4/c1-6-18-40-26-15-14-22(19-27(26)39-5)24-20-36-28(37)21-35(17-11-16-34(7-2)8-3)31(38)32(36,4)30-29(24)23-12-9-10-13-25(23)33-30/h9-10,12-15,19,24,33H,6-8,11,16-18,20-21H2,1-5H3/t24-,32+/m1/s1. The maximum Gasteiger partial charge on any atom is 0.254 e. The molecule has 1 N–H and O–H groups in total. The lowest BCUT2D eigenvalue weighted by Crippen LogP contribution is -2.67. The Morgan fingerprint density at radius 2 is 1.85 bits per heavy atom. The maximum absolute atomic E-state index is 14.2. The number of nitrogens with zero attached hydrogens (tertiary/aromatic N) is 3. The van der Waals surface area contributed by atoms with E-state index in [0.29, 0.717) is 31.2 Å². The normalized spacial score (nSPS) is 20.7. The third-order valence-corrected chi connectivity index (χ3v) is 8.67. The number of nitrogens with one attached hydrogen (secondary N) is 1. The molecule has 8 nitrogen and oxygen atoms in total. The fraction of sp³-hybridized carbons (Fsp3) is 0.500. The zero-order valence-electron chi connectivity index (χ0n) is 24.5. The average Bonchev–Trinajstić information content (AvgIpc) is 3.37. The van der Waals surface area contributed by atoms with Gasteiger partial charge in [-0.25, -0.2) is 0 Å². The molecule has 1 saturated heterocycles. The van der Waals surface area contributed by atoms with Crippen LogP contribution < -0.4 is 9.47 Å². The van der Waals surface area contributed by atoms with E-state index in [1.54, 1.807) is 16.9 Å². The van der Waals surface area contributed by atoms with Crippen LogP contribution in [-0.4, -0.2) is 84.5 Å². The van der Waals surface area contributed by atoms with E-state index in [0.717, 1.165) is 60.2 Å². The quantitative estimate of drug-likeness (QED) is 0.376. The molecule has 2 atom stereocenters. The predicted molar refractivity (Wildman–Crippen MR) is 157 cm³/mol. The number of amides is 2. The molecule has 2 aliphatic rings. The minimum Gasteiger partial charge on any atom is -0.493 e. The molecule has 0 bridgehead atoms. The summed E-state index contributed by atoms with van der Waals surface area (Å²) in [5.74, 6) is 1.21. The highest BCUT2D eigenvalue weighted by molar-refractivity contribution is 6.01. The van der Waals surface area contributed by atoms with Gasteiger partial charge in [0.1, 0.15) is 0 Å². The largest absolute Gasteiger partial charge is 0.493 e. The molecule has 0 aliphatic carbocycles. The summed E-state index contributed by atoms with van der Waals surface area (Å²) in [6.07, 6.45) is 1.74. The molecule has 40 heavy (non-hydrogen) atoms. The highest BCUT2D eigenvalue weighted by atomic mass is 16.5. The number of ether oxygens (including phenoxy) is 2. The second-order valence-electron chi connectivity index (χ2n) is 11.0. The predicted octanol–water partition coefficient (Wildman–Crippen LogP) is 4.73. The molecule has 0 radical (unpaired) electrons. The molecule has 0 unspecified atom stereocenters. The van der Waals surface area contributed by atoms with Crippen LogP contribution in [0.5, 0.6) is 11.5 Å². The number of fused-ring (bicyclic) bond motifs is 5. The van der Waals surface area contributed by atoms with E-state index < -0.39 is 5.54 Å². The number of methoxy groups -OCH3 is 1. The van der Waals surface area contributed by atoms with Crippen LogP contribution in [0, 0.1) is 0 Å². The summed E-state index contributed by atoms with van der Waals surface area (Å²) < 4.78 is 11.6. The minimum atomic E-state index is -1.09. The van der Waals surface area contributed by atoms with Gasteiger partial charge in [-0.2, -0.15) is 0 Å². The van der Waals surface area contributed by atoms with Crippen LogP contribution in [0.3, 0.4) is 0 Å². The number of carbonyl (C=O) groups excluding carboxylic acids is 2. The van der Waals surface area contributed by atoms with Crippen molar-refractivity contribution >= 4 is 22.7 Å². The molecule has 2 aromatic carbocycles. The van der Waals surface area contributed by atoms with Crippen LogP contribution in [0.25, 0.3) is 10.9 Å². The van der Waals surface area contributed by atoms with E-state index in [2.05, 4.69) is 42.8 Å². The Bertz CT molecular complexity index is 1380. The number of carbonyl (C=O) groups is 2. The summed E-state index contributed by atoms with van der Waals surface area (Å²) in [6, 6.07) is 14.2. The molecule has 8 heteroatoms. The second kappa shape index (κ2) is 11.5. The molecule has 5 rings (SSSR count). The van der Waals surface area contributed by atoms with Crippen LogP contribution in [0.15, 0.2) is 42.5 Å². The molecule has 0 saturated carbocycles. The summed E-state index contributed by atoms with van der Waals surface area (Å²) >= 11 is 0. The molecular formula is C32H42N4O4. The van der Waals surface area contributed by atoms with Gasteiger partial charge in [-0.1, -0.05) is 45.0 Å². The monoisotopic (exact) mass is 546 g/mol. The summed E-state index contributed by atoms with van der Waals surface area (Å²) in [5, 5.41) is 1.08. The Kier molecular flexibility index (Phi) is 8.08. The van der Waals surface area contributed by atoms with Crippen LogP contribution >= 0.6 is 0 Å². The number of piperazine rings is 1. The number of hydrogen-bond donors (Lipinski definition) is 1. The van der Waals surface area contributed by atoms with Crippen LogP contribution in [0.4, 0.5) is 0 Å². The Balaban J connectivity index is 1.56. The van der Waals surface area contributed by atoms with E-state index in [1.807, 2.05) is 37.3 Å². The van der Waals surface area contributed by atoms with Gasteiger partial charge < -0.3 is 29.2 Å². The van der Waals surface area contributed by atoms with Crippen molar-refractivity contribution < 1.29 is 19.1 Å². The van der Waals surface area contributed by atoms with Gasteiger partial charge in [-0.05, 0) is 68.7 Å². The van der Waals surface area contributed by atoms with Crippen molar-refractivity contribution in [3.8, 4) is 11.5 Å². The van der Waals surface area contributed by atoms with Gasteiger partial charge in [0.2, 0.25) is 5.91 Å². The maximum atomic E-state index is 14.2. The zero-order valence-corrected chi connectivity index (χ0v) is 24.5. The van der Waals surface area contributed by atoms with Crippen LogP contribution in [0.2, 0.25) is 0 Å². The van der Waals surface area contributed by atoms with E-state index in [9.17, 15) is 9.59 Å². The number of aromatic amines is 1. The molecule has 2 amide bonds. The molecule has 1 fully saturated rings. The zero-order chi connectivity index (χ0) is 28.4. The summed E-state index contributed by atoms with van der Waals surface area (Å²) in [7, 11) is 1.65. The fourth-order valence-electron chi connectivity index (χ4n) is 6.41. The number of aromatic nitrogens is 1. The first-order valence-corrected chi connectivity index (χ1v) is 14.6. The Morgan fingerprint density at radius 3 is 2.58 bits per heavy atom. The minimum absolute atomic E-state index is 0.0150. The Hall–Kier alpha value is -3.52. The molecule has 3 aromatic rings. The van der Waals surface area contributed by atoms with Gasteiger partial charge in [0.15, 0.2) is 17.0 Å². The highest BCUT2D eigenvalue weighted by Crippen LogP contribution is 2.49. The van der Waals surface area contributed by atoms with Crippen LogP contribution in [0.1, 0.15) is 63.3 Å². The van der Waals surface area contributed by atoms with Crippen molar-refractivity contribution in [3.63, 3.8) is 0 Å². The van der Waals surface area contributed by atoms with Crippen molar-refractivity contribution in [2.75, 3.05) is 53.0 Å². The van der Waals surface area contributed by atoms with Gasteiger partial charge in [0.05, 0.1) is 26.0 Å². The number of para-hydroxylation sites is 1. The topological polar surface area (TPSA) is 78.1 Å². The molecule has 0 spiro atoms. The van der Waals surface area contributed by atoms with E-state index in [4.69, 9.17) is 9.47 Å². The lowest BCUT2D eigenvalue weighted by atomic mass is 9.76. The third-order valence-electron chi connectivity index (χ3n) is 8.67. The fourth-order valence-corrected chi connectivity index (χ4v) is 6.41. The second-order valence-corrected chi connectivity index (χ2v) is 11.0. The molecule has 1 aromatic heterocycles. The van der Waals surface area contributed by atoms with Gasteiger partial charge >= 0.3 is 0 Å². The summed E-state index contributed by atoms with van der Waals surface area (Å²) in [6.45, 7) is 12.9. The lowest BCUT2D eigenvalue weighted by molar-refractivity contribution is -0.166. The summed E-state index contributed by atoms with van der Waals surface area (Å²) in [5.41, 5.74) is 2.78. The van der Waals surface area contributed by atoms with E-state index in [1.165, 1.54) is 0 Å². The Morgan fingerprint density at radius 1 is 1.07 bits per heavy atom. The van der Waals surface area contributed by atoms with E-state index in [-0.39, 0.29) is 24.3 Å². The number of rotatable bonds is 11. The highest BCUT2D eigenvalue weighted by Gasteiger charge is 2.56. The number of H-pyrrole nitrogens is 1. The van der Waals surface area contributed by atoms with Crippen molar-refractivity contribution in [2.45, 2.75) is 52.0 Å². The molecule has 2 aliphatic heterocycles. The van der Waals surface area contributed by atoms with Crippen molar-refractivity contribution in [1.82, 2.24) is 19.7 Å². The number of benzene rings is 2. The SMILES string of the molecule is CCCOc1ccc([C@H]2CN3C(=O)CN(CCCN(CC)CC)C(=O)[C@]3(C)c3[nH]c4ccccc4c32)cc1OC. The van der Waals surface area contributed by atoms with Crippen molar-refractivity contribution in [1.29, 1.82) is 0 Å². The average molecular weight is 547 g/mol. The van der Waals surface area contributed by atoms with Gasteiger partial charge in [0.25, 0.3) is 5.91 Å². The first-order chi connectivity index (χ1) is 19.4. The molecular weight excluding hydrogens is 504 g/mol. The molecule has 3 heterocycles.